The number of hydrogen-bond donors (Lipinski definition) is 1. The molecule has 2 heterocycles. The SMILES string of the molecule is CNC(C)Cc1noc(-c2nnn(-c3ccc(OC(C)C)cc3)c2C)n1.Cl. The molecule has 3 aromatic rings. The van der Waals surface area contributed by atoms with Gasteiger partial charge in [-0.3, -0.25) is 0 Å². The van der Waals surface area contributed by atoms with Crippen LogP contribution in [0.25, 0.3) is 17.3 Å². The molecule has 0 spiro atoms. The number of ether oxygens (including phenoxy) is 1. The fourth-order valence-corrected chi connectivity index (χ4v) is 2.52. The predicted octanol–water partition coefficient (Wildman–Crippen LogP) is 2.99. The Morgan fingerprint density at radius 2 is 1.89 bits per heavy atom. The minimum absolute atomic E-state index is 0. The van der Waals surface area contributed by atoms with Crippen molar-refractivity contribution in [2.45, 2.75) is 46.3 Å². The molecule has 0 saturated heterocycles. The Hall–Kier alpha value is -2.45. The summed E-state index contributed by atoms with van der Waals surface area (Å²) in [5.41, 5.74) is 2.31. The van der Waals surface area contributed by atoms with E-state index < -0.39 is 0 Å². The minimum Gasteiger partial charge on any atom is -0.491 e. The molecule has 0 radical (unpaired) electrons. The van der Waals surface area contributed by atoms with Gasteiger partial charge in [-0.1, -0.05) is 10.4 Å². The van der Waals surface area contributed by atoms with Gasteiger partial charge in [0.25, 0.3) is 5.89 Å². The molecule has 9 heteroatoms. The Bertz CT molecular complexity index is 859. The Balaban J connectivity index is 0.00000261. The summed E-state index contributed by atoms with van der Waals surface area (Å²) in [5.74, 6) is 1.85. The quantitative estimate of drug-likeness (QED) is 0.660. The largest absolute Gasteiger partial charge is 0.491 e. The average molecular weight is 393 g/mol. The predicted molar refractivity (Wildman–Crippen MR) is 105 cm³/mol. The molecular weight excluding hydrogens is 368 g/mol. The van der Waals surface area contributed by atoms with E-state index >= 15 is 0 Å². The summed E-state index contributed by atoms with van der Waals surface area (Å²) < 4.78 is 12.8. The van der Waals surface area contributed by atoms with E-state index in [0.717, 1.165) is 17.1 Å². The molecule has 2 aromatic heterocycles. The van der Waals surface area contributed by atoms with Gasteiger partial charge in [-0.05, 0) is 59.0 Å². The standard InChI is InChI=1S/C18H24N6O2.ClH/c1-11(2)25-15-8-6-14(7-9-15)24-13(4)17(21-23-24)18-20-16(22-26-18)10-12(3)19-5;/h6-9,11-12,19H,10H2,1-5H3;1H. The maximum Gasteiger partial charge on any atom is 0.280 e. The van der Waals surface area contributed by atoms with Gasteiger partial charge in [-0.2, -0.15) is 4.98 Å². The highest BCUT2D eigenvalue weighted by Gasteiger charge is 2.19. The lowest BCUT2D eigenvalue weighted by Crippen LogP contribution is -2.24. The van der Waals surface area contributed by atoms with E-state index in [2.05, 4.69) is 32.7 Å². The number of rotatable bonds is 7. The summed E-state index contributed by atoms with van der Waals surface area (Å²) in [7, 11) is 1.90. The van der Waals surface area contributed by atoms with E-state index in [1.165, 1.54) is 0 Å². The van der Waals surface area contributed by atoms with E-state index in [0.29, 0.717) is 23.8 Å². The van der Waals surface area contributed by atoms with Gasteiger partial charge in [-0.15, -0.1) is 17.5 Å². The Kier molecular flexibility index (Phi) is 6.92. The maximum atomic E-state index is 5.67. The van der Waals surface area contributed by atoms with E-state index in [4.69, 9.17) is 9.26 Å². The van der Waals surface area contributed by atoms with Crippen molar-refractivity contribution in [2.24, 2.45) is 0 Å². The van der Waals surface area contributed by atoms with Crippen LogP contribution in [0, 0.1) is 6.92 Å². The van der Waals surface area contributed by atoms with Crippen molar-refractivity contribution in [3.05, 3.63) is 35.8 Å². The third kappa shape index (κ3) is 4.84. The van der Waals surface area contributed by atoms with Crippen molar-refractivity contribution in [2.75, 3.05) is 7.05 Å². The van der Waals surface area contributed by atoms with Crippen LogP contribution in [0.1, 0.15) is 32.3 Å². The van der Waals surface area contributed by atoms with Crippen LogP contribution < -0.4 is 10.1 Å². The lowest BCUT2D eigenvalue weighted by molar-refractivity contribution is 0.242. The van der Waals surface area contributed by atoms with Crippen LogP contribution >= 0.6 is 12.4 Å². The highest BCUT2D eigenvalue weighted by Crippen LogP contribution is 2.23. The number of halogens is 1. The lowest BCUT2D eigenvalue weighted by atomic mass is 10.2. The van der Waals surface area contributed by atoms with Crippen molar-refractivity contribution in [1.82, 2.24) is 30.5 Å². The number of nitrogens with one attached hydrogen (secondary N) is 1. The molecule has 0 bridgehead atoms. The summed E-state index contributed by atoms with van der Waals surface area (Å²) in [6, 6.07) is 7.98. The molecule has 27 heavy (non-hydrogen) atoms. The zero-order valence-electron chi connectivity index (χ0n) is 16.1. The summed E-state index contributed by atoms with van der Waals surface area (Å²) in [6.45, 7) is 7.98. The first-order valence-corrected chi connectivity index (χ1v) is 8.67. The monoisotopic (exact) mass is 392 g/mol. The summed E-state index contributed by atoms with van der Waals surface area (Å²) in [5, 5.41) is 15.6. The third-order valence-corrected chi connectivity index (χ3v) is 4.00. The topological polar surface area (TPSA) is 90.9 Å². The molecule has 0 amide bonds. The molecule has 1 unspecified atom stereocenters. The molecule has 0 aliphatic carbocycles. The van der Waals surface area contributed by atoms with Gasteiger partial charge in [0.15, 0.2) is 11.5 Å². The fourth-order valence-electron chi connectivity index (χ4n) is 2.52. The molecule has 0 fully saturated rings. The van der Waals surface area contributed by atoms with Crippen LogP contribution in [0.4, 0.5) is 0 Å². The average Bonchev–Trinajstić information content (AvgIpc) is 3.21. The molecule has 8 nitrogen and oxygen atoms in total. The van der Waals surface area contributed by atoms with Gasteiger partial charge >= 0.3 is 0 Å². The van der Waals surface area contributed by atoms with E-state index in [1.54, 1.807) is 4.68 Å². The first-order valence-electron chi connectivity index (χ1n) is 8.67. The lowest BCUT2D eigenvalue weighted by Gasteiger charge is -2.10. The highest BCUT2D eigenvalue weighted by atomic mass is 35.5. The van der Waals surface area contributed by atoms with Gasteiger partial charge in [0, 0.05) is 12.5 Å². The second-order valence-electron chi connectivity index (χ2n) is 6.51. The van der Waals surface area contributed by atoms with Gasteiger partial charge in [-0.25, -0.2) is 4.68 Å². The van der Waals surface area contributed by atoms with Crippen LogP contribution in [0.15, 0.2) is 28.8 Å². The first kappa shape index (κ1) is 20.9. The Morgan fingerprint density at radius 3 is 2.52 bits per heavy atom. The zero-order chi connectivity index (χ0) is 18.7. The van der Waals surface area contributed by atoms with Crippen LogP contribution in [-0.2, 0) is 6.42 Å². The molecule has 1 N–H and O–H groups in total. The molecular formula is C18H25ClN6O2. The van der Waals surface area contributed by atoms with Crippen molar-refractivity contribution >= 4 is 12.4 Å². The summed E-state index contributed by atoms with van der Waals surface area (Å²) in [4.78, 5) is 4.43. The summed E-state index contributed by atoms with van der Waals surface area (Å²) in [6.07, 6.45) is 0.822. The third-order valence-electron chi connectivity index (χ3n) is 4.00. The second kappa shape index (κ2) is 8.96. The minimum atomic E-state index is 0. The summed E-state index contributed by atoms with van der Waals surface area (Å²) >= 11 is 0. The molecule has 0 aliphatic heterocycles. The highest BCUT2D eigenvalue weighted by molar-refractivity contribution is 5.85. The van der Waals surface area contributed by atoms with Crippen LogP contribution in [0.2, 0.25) is 0 Å². The number of hydrogen-bond acceptors (Lipinski definition) is 7. The molecule has 0 saturated carbocycles. The van der Waals surface area contributed by atoms with Crippen molar-refractivity contribution in [3.8, 4) is 23.0 Å². The first-order chi connectivity index (χ1) is 12.5. The van der Waals surface area contributed by atoms with Crippen molar-refractivity contribution in [3.63, 3.8) is 0 Å². The number of aromatic nitrogens is 5. The maximum absolute atomic E-state index is 5.67. The van der Waals surface area contributed by atoms with Crippen LogP contribution in [0.3, 0.4) is 0 Å². The Morgan fingerprint density at radius 1 is 1.19 bits per heavy atom. The van der Waals surface area contributed by atoms with Crippen molar-refractivity contribution < 1.29 is 9.26 Å². The molecule has 146 valence electrons. The second-order valence-corrected chi connectivity index (χ2v) is 6.51. The van der Waals surface area contributed by atoms with Gasteiger partial charge < -0.3 is 14.6 Å². The number of nitrogens with zero attached hydrogens (tertiary/aromatic N) is 5. The molecule has 3 rings (SSSR count). The fraction of sp³-hybridized carbons (Fsp3) is 0.444. The normalized spacial score (nSPS) is 12.1. The van der Waals surface area contributed by atoms with Crippen LogP contribution in [0.5, 0.6) is 5.75 Å². The zero-order valence-corrected chi connectivity index (χ0v) is 16.9. The number of likely N-dealkylation sites (N-methyl/N-ethyl adjacent to an activating group) is 1. The number of benzene rings is 1. The molecule has 1 atom stereocenters. The van der Waals surface area contributed by atoms with E-state index in [1.807, 2.05) is 52.1 Å². The molecule has 0 aliphatic rings. The van der Waals surface area contributed by atoms with Crippen LogP contribution in [-0.4, -0.2) is 44.3 Å². The molecule has 1 aromatic carbocycles. The van der Waals surface area contributed by atoms with Gasteiger partial charge in [0.05, 0.1) is 17.5 Å². The van der Waals surface area contributed by atoms with E-state index in [9.17, 15) is 0 Å². The Labute approximate surface area is 164 Å². The van der Waals surface area contributed by atoms with E-state index in [-0.39, 0.29) is 24.6 Å². The van der Waals surface area contributed by atoms with Crippen molar-refractivity contribution in [1.29, 1.82) is 0 Å². The smallest absolute Gasteiger partial charge is 0.280 e. The van der Waals surface area contributed by atoms with Gasteiger partial charge in [0.2, 0.25) is 0 Å². The van der Waals surface area contributed by atoms with Gasteiger partial charge in [0.1, 0.15) is 5.75 Å².